The van der Waals surface area contributed by atoms with Gasteiger partial charge in [-0.1, -0.05) is 0 Å². The molecule has 0 aromatic carbocycles. The Morgan fingerprint density at radius 2 is 2.39 bits per heavy atom. The Balaban J connectivity index is 1.83. The zero-order valence-corrected chi connectivity index (χ0v) is 11.8. The van der Waals surface area contributed by atoms with Crippen molar-refractivity contribution in [3.8, 4) is 0 Å². The minimum Gasteiger partial charge on any atom is -0.310 e. The Labute approximate surface area is 108 Å². The van der Waals surface area contributed by atoms with E-state index >= 15 is 0 Å². The minimum atomic E-state index is -2.76. The molecule has 1 fully saturated rings. The van der Waals surface area contributed by atoms with Crippen molar-refractivity contribution in [2.24, 2.45) is 5.92 Å². The Morgan fingerprint density at radius 3 is 2.94 bits per heavy atom. The quantitative estimate of drug-likeness (QED) is 0.867. The summed E-state index contributed by atoms with van der Waals surface area (Å²) in [4.78, 5) is 0. The number of hydrogen-bond donors (Lipinski definition) is 1. The van der Waals surface area contributed by atoms with E-state index in [4.69, 9.17) is 0 Å². The van der Waals surface area contributed by atoms with Gasteiger partial charge in [0.15, 0.2) is 9.84 Å². The van der Waals surface area contributed by atoms with Crippen LogP contribution < -0.4 is 5.32 Å². The lowest BCUT2D eigenvalue weighted by Crippen LogP contribution is -2.26. The summed E-state index contributed by atoms with van der Waals surface area (Å²) in [6.45, 7) is 5.77. The summed E-state index contributed by atoms with van der Waals surface area (Å²) in [7, 11) is -2.76. The molecule has 1 N–H and O–H groups in total. The summed E-state index contributed by atoms with van der Waals surface area (Å²) in [6, 6.07) is 0.216. The van der Waals surface area contributed by atoms with E-state index in [-0.39, 0.29) is 12.0 Å². The van der Waals surface area contributed by atoms with Gasteiger partial charge in [0.05, 0.1) is 17.7 Å². The predicted molar refractivity (Wildman–Crippen MR) is 71.1 cm³/mol. The van der Waals surface area contributed by atoms with Crippen molar-refractivity contribution < 1.29 is 8.42 Å². The molecule has 0 spiro atoms. The monoisotopic (exact) mass is 271 g/mol. The summed E-state index contributed by atoms with van der Waals surface area (Å²) in [5.41, 5.74) is 1.15. The molecule has 0 aliphatic carbocycles. The lowest BCUT2D eigenvalue weighted by molar-refractivity contribution is 0.476. The van der Waals surface area contributed by atoms with Crippen LogP contribution in [0.4, 0.5) is 0 Å². The van der Waals surface area contributed by atoms with Gasteiger partial charge in [-0.25, -0.2) is 8.42 Å². The predicted octanol–water partition coefficient (Wildman–Crippen LogP) is 0.988. The van der Waals surface area contributed by atoms with Crippen molar-refractivity contribution in [3.63, 3.8) is 0 Å². The molecule has 2 unspecified atom stereocenters. The second kappa shape index (κ2) is 5.40. The molecule has 1 aromatic heterocycles. The highest BCUT2D eigenvalue weighted by Gasteiger charge is 2.27. The second-order valence-corrected chi connectivity index (χ2v) is 7.26. The molecule has 1 saturated heterocycles. The number of sulfone groups is 1. The normalized spacial score (nSPS) is 24.2. The van der Waals surface area contributed by atoms with Crippen molar-refractivity contribution >= 4 is 9.84 Å². The number of aromatic nitrogens is 2. The standard InChI is InChI=1S/C12H21N3O2S/c1-3-15-8-12(7-14-15)10(2)13-6-11-4-5-18(16,17)9-11/h7-8,10-11,13H,3-6,9H2,1-2H3. The fourth-order valence-corrected chi connectivity index (χ4v) is 4.13. The van der Waals surface area contributed by atoms with Gasteiger partial charge in [0.2, 0.25) is 0 Å². The van der Waals surface area contributed by atoms with Gasteiger partial charge >= 0.3 is 0 Å². The Bertz CT molecular complexity index is 495. The zero-order chi connectivity index (χ0) is 13.2. The summed E-state index contributed by atoms with van der Waals surface area (Å²) in [6.07, 6.45) is 4.69. The van der Waals surface area contributed by atoms with Crippen LogP contribution in [0.1, 0.15) is 31.9 Å². The van der Waals surface area contributed by atoms with Crippen molar-refractivity contribution in [2.45, 2.75) is 32.9 Å². The van der Waals surface area contributed by atoms with Crippen LogP contribution in [-0.2, 0) is 16.4 Å². The van der Waals surface area contributed by atoms with Gasteiger partial charge < -0.3 is 5.32 Å². The van der Waals surface area contributed by atoms with Gasteiger partial charge in [-0.2, -0.15) is 5.10 Å². The van der Waals surface area contributed by atoms with E-state index in [2.05, 4.69) is 24.3 Å². The largest absolute Gasteiger partial charge is 0.310 e. The van der Waals surface area contributed by atoms with Crippen LogP contribution in [0.3, 0.4) is 0 Å². The van der Waals surface area contributed by atoms with Gasteiger partial charge in [0.25, 0.3) is 0 Å². The molecule has 5 nitrogen and oxygen atoms in total. The number of aryl methyl sites for hydroxylation is 1. The van der Waals surface area contributed by atoms with E-state index in [0.717, 1.165) is 25.1 Å². The van der Waals surface area contributed by atoms with E-state index in [0.29, 0.717) is 11.5 Å². The molecule has 2 atom stereocenters. The average molecular weight is 271 g/mol. The van der Waals surface area contributed by atoms with E-state index in [9.17, 15) is 8.42 Å². The molecule has 6 heteroatoms. The number of rotatable bonds is 5. The smallest absolute Gasteiger partial charge is 0.150 e. The molecule has 0 amide bonds. The number of nitrogens with zero attached hydrogens (tertiary/aromatic N) is 2. The lowest BCUT2D eigenvalue weighted by atomic mass is 10.1. The van der Waals surface area contributed by atoms with Crippen LogP contribution in [0.15, 0.2) is 12.4 Å². The fraction of sp³-hybridized carbons (Fsp3) is 0.750. The molecule has 1 aromatic rings. The SMILES string of the molecule is CCn1cc(C(C)NCC2CCS(=O)(=O)C2)cn1. The molecule has 0 bridgehead atoms. The summed E-state index contributed by atoms with van der Waals surface area (Å²) >= 11 is 0. The van der Waals surface area contributed by atoms with E-state index in [1.165, 1.54) is 0 Å². The van der Waals surface area contributed by atoms with Crippen molar-refractivity contribution in [1.82, 2.24) is 15.1 Å². The van der Waals surface area contributed by atoms with E-state index in [1.54, 1.807) is 0 Å². The van der Waals surface area contributed by atoms with Crippen LogP contribution in [-0.4, -0.2) is 36.2 Å². The molecule has 0 saturated carbocycles. The van der Waals surface area contributed by atoms with Gasteiger partial charge in [0, 0.05) is 24.3 Å². The topological polar surface area (TPSA) is 64.0 Å². The summed E-state index contributed by atoms with van der Waals surface area (Å²) in [5, 5.41) is 7.64. The first-order chi connectivity index (χ1) is 8.50. The van der Waals surface area contributed by atoms with Gasteiger partial charge in [0.1, 0.15) is 0 Å². The molecule has 2 rings (SSSR count). The van der Waals surface area contributed by atoms with Crippen LogP contribution in [0.25, 0.3) is 0 Å². The molecule has 18 heavy (non-hydrogen) atoms. The fourth-order valence-electron chi connectivity index (χ4n) is 2.27. The third kappa shape index (κ3) is 3.32. The maximum atomic E-state index is 11.4. The van der Waals surface area contributed by atoms with Crippen LogP contribution in [0.2, 0.25) is 0 Å². The second-order valence-electron chi connectivity index (χ2n) is 5.03. The first kappa shape index (κ1) is 13.5. The van der Waals surface area contributed by atoms with Crippen molar-refractivity contribution in [2.75, 3.05) is 18.1 Å². The summed E-state index contributed by atoms with van der Waals surface area (Å²) < 4.78 is 24.6. The molecule has 2 heterocycles. The van der Waals surface area contributed by atoms with Crippen LogP contribution in [0, 0.1) is 5.92 Å². The van der Waals surface area contributed by atoms with Gasteiger partial charge in [-0.15, -0.1) is 0 Å². The highest BCUT2D eigenvalue weighted by atomic mass is 32.2. The highest BCUT2D eigenvalue weighted by Crippen LogP contribution is 2.19. The molecule has 0 radical (unpaired) electrons. The third-order valence-electron chi connectivity index (χ3n) is 3.52. The highest BCUT2D eigenvalue weighted by molar-refractivity contribution is 7.91. The summed E-state index contributed by atoms with van der Waals surface area (Å²) in [5.74, 6) is 0.946. The number of nitrogens with one attached hydrogen (secondary N) is 1. The molecular weight excluding hydrogens is 250 g/mol. The molecule has 102 valence electrons. The van der Waals surface area contributed by atoms with Crippen LogP contribution >= 0.6 is 0 Å². The first-order valence-corrected chi connectivity index (χ1v) is 8.28. The molecule has 1 aliphatic rings. The number of hydrogen-bond acceptors (Lipinski definition) is 4. The van der Waals surface area contributed by atoms with Crippen LogP contribution in [0.5, 0.6) is 0 Å². The Kier molecular flexibility index (Phi) is 4.07. The minimum absolute atomic E-state index is 0.216. The molecule has 1 aliphatic heterocycles. The third-order valence-corrected chi connectivity index (χ3v) is 5.35. The lowest BCUT2D eigenvalue weighted by Gasteiger charge is -2.15. The van der Waals surface area contributed by atoms with E-state index < -0.39 is 9.84 Å². The van der Waals surface area contributed by atoms with E-state index in [1.807, 2.05) is 17.1 Å². The first-order valence-electron chi connectivity index (χ1n) is 6.46. The van der Waals surface area contributed by atoms with Gasteiger partial charge in [-0.3, -0.25) is 4.68 Å². The van der Waals surface area contributed by atoms with Crippen molar-refractivity contribution in [1.29, 1.82) is 0 Å². The molecular formula is C12H21N3O2S. The zero-order valence-electron chi connectivity index (χ0n) is 11.0. The maximum Gasteiger partial charge on any atom is 0.150 e. The van der Waals surface area contributed by atoms with Gasteiger partial charge in [-0.05, 0) is 32.7 Å². The van der Waals surface area contributed by atoms with Crippen molar-refractivity contribution in [3.05, 3.63) is 18.0 Å². The Morgan fingerprint density at radius 1 is 1.61 bits per heavy atom. The Hall–Kier alpha value is -0.880. The maximum absolute atomic E-state index is 11.4. The average Bonchev–Trinajstić information content (AvgIpc) is 2.92.